The van der Waals surface area contributed by atoms with Gasteiger partial charge in [-0.1, -0.05) is 6.07 Å². The predicted molar refractivity (Wildman–Crippen MR) is 82.8 cm³/mol. The van der Waals surface area contributed by atoms with Gasteiger partial charge in [0.2, 0.25) is 0 Å². The predicted octanol–water partition coefficient (Wildman–Crippen LogP) is 2.33. The number of anilines is 1. The van der Waals surface area contributed by atoms with Crippen molar-refractivity contribution in [1.82, 2.24) is 5.32 Å². The normalized spacial score (nSPS) is 17.6. The molecule has 0 radical (unpaired) electrons. The number of amides is 2. The summed E-state index contributed by atoms with van der Waals surface area (Å²) in [7, 11) is 0. The van der Waals surface area contributed by atoms with Gasteiger partial charge in [0, 0.05) is 6.42 Å². The minimum Gasteiger partial charge on any atom is -0.475 e. The molecule has 1 aliphatic rings. The first-order valence-electron chi connectivity index (χ1n) is 7.35. The molecule has 1 heterocycles. The van der Waals surface area contributed by atoms with Gasteiger partial charge in [-0.2, -0.15) is 5.26 Å². The fourth-order valence-electron chi connectivity index (χ4n) is 2.10. The molecular formula is C16H18FN3O4. The van der Waals surface area contributed by atoms with Gasteiger partial charge in [0.1, 0.15) is 11.6 Å². The second-order valence-electron chi connectivity index (χ2n) is 6.28. The topological polar surface area (TPSA) is 100 Å². The number of hydrogen-bond donors (Lipinski definition) is 2. The molecule has 0 bridgehead atoms. The monoisotopic (exact) mass is 335 g/mol. The molecule has 2 amide bonds. The highest BCUT2D eigenvalue weighted by atomic mass is 19.1. The number of fused-ring (bicyclic) bond motifs is 1. The Kier molecular flexibility index (Phi) is 4.93. The van der Waals surface area contributed by atoms with Gasteiger partial charge >= 0.3 is 6.09 Å². The van der Waals surface area contributed by atoms with E-state index >= 15 is 0 Å². The van der Waals surface area contributed by atoms with Gasteiger partial charge in [0.25, 0.3) is 5.91 Å². The first-order chi connectivity index (χ1) is 11.2. The van der Waals surface area contributed by atoms with E-state index in [2.05, 4.69) is 10.6 Å². The maximum Gasteiger partial charge on any atom is 0.408 e. The number of alkyl carbamates (subject to hydrolysis) is 1. The lowest BCUT2D eigenvalue weighted by Crippen LogP contribution is -2.45. The summed E-state index contributed by atoms with van der Waals surface area (Å²) in [5, 5.41) is 14.0. The molecule has 1 aromatic carbocycles. The van der Waals surface area contributed by atoms with Crippen LogP contribution in [0.5, 0.6) is 5.75 Å². The molecule has 0 spiro atoms. The van der Waals surface area contributed by atoms with Crippen molar-refractivity contribution in [2.75, 3.05) is 5.32 Å². The molecular weight excluding hydrogens is 317 g/mol. The molecule has 1 aromatic rings. The number of benzene rings is 1. The summed E-state index contributed by atoms with van der Waals surface area (Å²) in [4.78, 5) is 23.7. The fraction of sp³-hybridized carbons (Fsp3) is 0.438. The molecule has 8 heteroatoms. The van der Waals surface area contributed by atoms with Gasteiger partial charge in [-0.05, 0) is 32.9 Å². The average molecular weight is 335 g/mol. The zero-order valence-electron chi connectivity index (χ0n) is 13.6. The van der Waals surface area contributed by atoms with E-state index in [-0.39, 0.29) is 17.9 Å². The average Bonchev–Trinajstić information content (AvgIpc) is 2.46. The molecule has 2 atom stereocenters. The molecule has 2 N–H and O–H groups in total. The van der Waals surface area contributed by atoms with Crippen molar-refractivity contribution in [1.29, 1.82) is 5.26 Å². The fourth-order valence-corrected chi connectivity index (χ4v) is 2.10. The summed E-state index contributed by atoms with van der Waals surface area (Å²) >= 11 is 0. The van der Waals surface area contributed by atoms with Crippen LogP contribution in [0.4, 0.5) is 14.9 Å². The highest BCUT2D eigenvalue weighted by Gasteiger charge is 2.32. The standard InChI is InChI=1S/C16H18FN3O4/c1-16(2,3)24-15(22)19-9(8-18)7-12-14(21)20-11-6-4-5-10(17)13(11)23-12/h4-6,9,12H,7H2,1-3H3,(H,19,22)(H,20,21)/t9?,12-/m0/s1. The summed E-state index contributed by atoms with van der Waals surface area (Å²) < 4.78 is 24.2. The number of halogens is 1. The van der Waals surface area contributed by atoms with Gasteiger partial charge in [0.15, 0.2) is 17.7 Å². The van der Waals surface area contributed by atoms with Crippen LogP contribution in [0.15, 0.2) is 18.2 Å². The molecule has 0 saturated carbocycles. The number of nitrogens with one attached hydrogen (secondary N) is 2. The summed E-state index contributed by atoms with van der Waals surface area (Å²) in [6.07, 6.45) is -2.03. The summed E-state index contributed by atoms with van der Waals surface area (Å²) in [6.45, 7) is 5.06. The van der Waals surface area contributed by atoms with Crippen molar-refractivity contribution in [2.24, 2.45) is 0 Å². The summed E-state index contributed by atoms with van der Waals surface area (Å²) in [5.41, 5.74) is -0.491. The Balaban J connectivity index is 2.04. The Morgan fingerprint density at radius 1 is 1.54 bits per heavy atom. The Morgan fingerprint density at radius 3 is 2.88 bits per heavy atom. The summed E-state index contributed by atoms with van der Waals surface area (Å²) in [5.74, 6) is -1.22. The number of rotatable bonds is 3. The van der Waals surface area contributed by atoms with Crippen molar-refractivity contribution >= 4 is 17.7 Å². The number of carbonyl (C=O) groups excluding carboxylic acids is 2. The van der Waals surface area contributed by atoms with Crippen LogP contribution < -0.4 is 15.4 Å². The number of nitriles is 1. The van der Waals surface area contributed by atoms with E-state index in [1.54, 1.807) is 20.8 Å². The van der Waals surface area contributed by atoms with E-state index in [1.165, 1.54) is 18.2 Å². The maximum absolute atomic E-state index is 13.8. The van der Waals surface area contributed by atoms with Crippen molar-refractivity contribution in [3.8, 4) is 11.8 Å². The lowest BCUT2D eigenvalue weighted by Gasteiger charge is -2.27. The quantitative estimate of drug-likeness (QED) is 0.883. The van der Waals surface area contributed by atoms with Crippen LogP contribution in [-0.2, 0) is 9.53 Å². The van der Waals surface area contributed by atoms with Crippen molar-refractivity contribution in [2.45, 2.75) is 44.9 Å². The van der Waals surface area contributed by atoms with Crippen LogP contribution in [0.1, 0.15) is 27.2 Å². The van der Waals surface area contributed by atoms with E-state index in [9.17, 15) is 14.0 Å². The summed E-state index contributed by atoms with van der Waals surface area (Å²) in [6, 6.07) is 4.99. The van der Waals surface area contributed by atoms with Crippen molar-refractivity contribution in [3.63, 3.8) is 0 Å². The van der Waals surface area contributed by atoms with Crippen LogP contribution in [0.25, 0.3) is 0 Å². The Morgan fingerprint density at radius 2 is 2.25 bits per heavy atom. The van der Waals surface area contributed by atoms with Crippen molar-refractivity contribution < 1.29 is 23.5 Å². The Hall–Kier alpha value is -2.82. The van der Waals surface area contributed by atoms with Gasteiger partial charge in [-0.3, -0.25) is 4.79 Å². The molecule has 7 nitrogen and oxygen atoms in total. The Bertz CT molecular complexity index is 694. The number of ether oxygens (including phenoxy) is 2. The maximum atomic E-state index is 13.8. The highest BCUT2D eigenvalue weighted by molar-refractivity contribution is 5.97. The van der Waals surface area contributed by atoms with Crippen LogP contribution in [0.2, 0.25) is 0 Å². The third-order valence-corrected chi connectivity index (χ3v) is 3.07. The van der Waals surface area contributed by atoms with E-state index < -0.39 is 35.6 Å². The molecule has 2 rings (SSSR count). The smallest absolute Gasteiger partial charge is 0.408 e. The largest absolute Gasteiger partial charge is 0.475 e. The van der Waals surface area contributed by atoms with E-state index in [0.717, 1.165) is 0 Å². The highest BCUT2D eigenvalue weighted by Crippen LogP contribution is 2.32. The van der Waals surface area contributed by atoms with Crippen molar-refractivity contribution in [3.05, 3.63) is 24.0 Å². The van der Waals surface area contributed by atoms with Crippen LogP contribution >= 0.6 is 0 Å². The van der Waals surface area contributed by atoms with E-state index in [0.29, 0.717) is 0 Å². The molecule has 1 unspecified atom stereocenters. The molecule has 128 valence electrons. The number of para-hydroxylation sites is 1. The van der Waals surface area contributed by atoms with Crippen LogP contribution in [0, 0.1) is 17.1 Å². The van der Waals surface area contributed by atoms with E-state index in [4.69, 9.17) is 14.7 Å². The minimum absolute atomic E-state index is 0.0870. The zero-order valence-corrected chi connectivity index (χ0v) is 13.6. The van der Waals surface area contributed by atoms with E-state index in [1.807, 2.05) is 6.07 Å². The van der Waals surface area contributed by atoms with Crippen LogP contribution in [0.3, 0.4) is 0 Å². The SMILES string of the molecule is CC(C)(C)OC(=O)NC(C#N)C[C@@H]1Oc2c(F)cccc2NC1=O. The second-order valence-corrected chi connectivity index (χ2v) is 6.28. The van der Waals surface area contributed by atoms with Gasteiger partial charge < -0.3 is 20.1 Å². The third kappa shape index (κ3) is 4.35. The zero-order chi connectivity index (χ0) is 17.9. The second kappa shape index (κ2) is 6.74. The lowest BCUT2D eigenvalue weighted by molar-refractivity contribution is -0.124. The van der Waals surface area contributed by atoms with Gasteiger partial charge in [-0.25, -0.2) is 9.18 Å². The van der Waals surface area contributed by atoms with Gasteiger partial charge in [-0.15, -0.1) is 0 Å². The molecule has 0 fully saturated rings. The molecule has 24 heavy (non-hydrogen) atoms. The minimum atomic E-state index is -1.10. The first kappa shape index (κ1) is 17.5. The molecule has 1 aliphatic heterocycles. The Labute approximate surface area is 138 Å². The molecule has 0 saturated heterocycles. The number of hydrogen-bond acceptors (Lipinski definition) is 5. The number of carbonyl (C=O) groups is 2. The number of nitrogens with zero attached hydrogens (tertiary/aromatic N) is 1. The molecule has 0 aromatic heterocycles. The first-order valence-corrected chi connectivity index (χ1v) is 7.35. The molecule has 0 aliphatic carbocycles. The van der Waals surface area contributed by atoms with Crippen LogP contribution in [-0.4, -0.2) is 29.7 Å². The van der Waals surface area contributed by atoms with Gasteiger partial charge in [0.05, 0.1) is 11.8 Å². The lowest BCUT2D eigenvalue weighted by atomic mass is 10.1. The third-order valence-electron chi connectivity index (χ3n) is 3.07.